The fourth-order valence-electron chi connectivity index (χ4n) is 2.53. The van der Waals surface area contributed by atoms with E-state index in [1.165, 1.54) is 4.90 Å². The number of piperidine rings is 1. The van der Waals surface area contributed by atoms with Gasteiger partial charge in [0.2, 0.25) is 0 Å². The molecule has 0 bridgehead atoms. The number of likely N-dealkylation sites (tertiary alicyclic amines) is 1. The van der Waals surface area contributed by atoms with Crippen molar-refractivity contribution in [3.05, 3.63) is 29.6 Å². The van der Waals surface area contributed by atoms with Crippen LogP contribution in [-0.2, 0) is 9.59 Å². The molecule has 0 spiro atoms. The predicted octanol–water partition coefficient (Wildman–Crippen LogP) is 1.66. The van der Waals surface area contributed by atoms with E-state index in [-0.39, 0.29) is 12.5 Å². The van der Waals surface area contributed by atoms with Gasteiger partial charge >= 0.3 is 11.8 Å². The molecule has 126 valence electrons. The highest BCUT2D eigenvalue weighted by Gasteiger charge is 2.30. The number of anilines is 1. The van der Waals surface area contributed by atoms with Crippen molar-refractivity contribution >= 4 is 17.5 Å². The third kappa shape index (κ3) is 4.01. The Morgan fingerprint density at radius 3 is 2.57 bits per heavy atom. The van der Waals surface area contributed by atoms with Crippen LogP contribution in [0.1, 0.15) is 19.8 Å². The monoisotopic (exact) mass is 330 g/mol. The lowest BCUT2D eigenvalue weighted by Gasteiger charge is -2.33. The number of amides is 2. The van der Waals surface area contributed by atoms with Crippen molar-refractivity contribution in [3.63, 3.8) is 0 Å². The summed E-state index contributed by atoms with van der Waals surface area (Å²) < 4.78 is 39.4. The second kappa shape index (κ2) is 6.99. The molecule has 1 aliphatic rings. The summed E-state index contributed by atoms with van der Waals surface area (Å²) in [7, 11) is 0. The first kappa shape index (κ1) is 17.3. The minimum absolute atomic E-state index is 0.138. The number of carbonyl (C=O) groups excluding carboxylic acids is 2. The largest absolute Gasteiger partial charge is 0.393 e. The molecule has 5 nitrogen and oxygen atoms in total. The van der Waals surface area contributed by atoms with Crippen LogP contribution in [0.5, 0.6) is 0 Å². The van der Waals surface area contributed by atoms with Gasteiger partial charge in [0.15, 0.2) is 11.6 Å². The van der Waals surface area contributed by atoms with Crippen molar-refractivity contribution in [1.29, 1.82) is 0 Å². The number of aliphatic hydroxyl groups is 1. The predicted molar refractivity (Wildman–Crippen MR) is 75.9 cm³/mol. The minimum atomic E-state index is -1.39. The molecule has 2 rings (SSSR count). The molecule has 23 heavy (non-hydrogen) atoms. The van der Waals surface area contributed by atoms with Gasteiger partial charge in [-0.15, -0.1) is 0 Å². The van der Waals surface area contributed by atoms with Gasteiger partial charge in [-0.1, -0.05) is 0 Å². The molecule has 0 aromatic heterocycles. The summed E-state index contributed by atoms with van der Waals surface area (Å²) >= 11 is 0. The normalized spacial score (nSPS) is 19.3. The van der Waals surface area contributed by atoms with E-state index in [2.05, 4.69) is 0 Å². The number of halogens is 3. The van der Waals surface area contributed by atoms with Crippen LogP contribution in [0.2, 0.25) is 0 Å². The average Bonchev–Trinajstić information content (AvgIpc) is 2.51. The van der Waals surface area contributed by atoms with E-state index in [0.717, 1.165) is 6.42 Å². The molecule has 2 unspecified atom stereocenters. The molecule has 1 aromatic rings. The van der Waals surface area contributed by atoms with Crippen LogP contribution < -0.4 is 5.32 Å². The maximum absolute atomic E-state index is 13.5. The Labute approximate surface area is 131 Å². The molecule has 1 saturated heterocycles. The summed E-state index contributed by atoms with van der Waals surface area (Å²) in [5.41, 5.74) is -0.605. The summed E-state index contributed by atoms with van der Waals surface area (Å²) in [6.07, 6.45) is 0.756. The quantitative estimate of drug-likeness (QED) is 0.640. The molecule has 1 heterocycles. The average molecular weight is 330 g/mol. The van der Waals surface area contributed by atoms with Crippen molar-refractivity contribution in [3.8, 4) is 0 Å². The minimum Gasteiger partial charge on any atom is -0.393 e. The van der Waals surface area contributed by atoms with Crippen molar-refractivity contribution in [2.75, 3.05) is 18.4 Å². The zero-order valence-corrected chi connectivity index (χ0v) is 12.5. The van der Waals surface area contributed by atoms with E-state index < -0.39 is 41.1 Å². The standard InChI is InChI=1S/C15H17F3N2O3/c1-8(21)9-3-2-4-20(7-9)15(23)14(22)19-13-6-11(17)10(16)5-12(13)18/h5-6,8-9,21H,2-4,7H2,1H3,(H,19,22). The Bertz CT molecular complexity index is 622. The number of nitrogens with one attached hydrogen (secondary N) is 1. The van der Waals surface area contributed by atoms with E-state index in [0.29, 0.717) is 25.1 Å². The van der Waals surface area contributed by atoms with E-state index in [1.54, 1.807) is 6.92 Å². The SMILES string of the molecule is CC(O)C1CCCN(C(=O)C(=O)Nc2cc(F)c(F)cc2F)C1. The number of hydrogen-bond donors (Lipinski definition) is 2. The molecule has 0 saturated carbocycles. The van der Waals surface area contributed by atoms with Gasteiger partial charge in [0, 0.05) is 31.1 Å². The van der Waals surface area contributed by atoms with E-state index in [9.17, 15) is 27.9 Å². The highest BCUT2D eigenvalue weighted by Crippen LogP contribution is 2.21. The first-order valence-corrected chi connectivity index (χ1v) is 7.22. The molecule has 0 aliphatic carbocycles. The number of rotatable bonds is 2. The van der Waals surface area contributed by atoms with Crippen LogP contribution in [0.4, 0.5) is 18.9 Å². The van der Waals surface area contributed by atoms with Crippen molar-refractivity contribution in [2.45, 2.75) is 25.9 Å². The molecule has 2 N–H and O–H groups in total. The molecule has 8 heteroatoms. The topological polar surface area (TPSA) is 69.6 Å². The van der Waals surface area contributed by atoms with Gasteiger partial charge in [-0.25, -0.2) is 13.2 Å². The molecular formula is C15H17F3N2O3. The Morgan fingerprint density at radius 2 is 1.91 bits per heavy atom. The van der Waals surface area contributed by atoms with Gasteiger partial charge in [0.1, 0.15) is 5.82 Å². The number of hydrogen-bond acceptors (Lipinski definition) is 3. The van der Waals surface area contributed by atoms with Crippen LogP contribution in [-0.4, -0.2) is 41.0 Å². The molecule has 1 aliphatic heterocycles. The van der Waals surface area contributed by atoms with Crippen LogP contribution in [0.25, 0.3) is 0 Å². The Kier molecular flexibility index (Phi) is 5.25. The Balaban J connectivity index is 2.06. The number of benzene rings is 1. The molecule has 1 fully saturated rings. The van der Waals surface area contributed by atoms with Crippen LogP contribution in [0, 0.1) is 23.4 Å². The molecule has 0 radical (unpaired) electrons. The van der Waals surface area contributed by atoms with E-state index in [1.807, 2.05) is 5.32 Å². The van der Waals surface area contributed by atoms with E-state index >= 15 is 0 Å². The maximum Gasteiger partial charge on any atom is 0.313 e. The molecular weight excluding hydrogens is 313 g/mol. The molecule has 2 amide bonds. The summed E-state index contributed by atoms with van der Waals surface area (Å²) in [6.45, 7) is 2.16. The lowest BCUT2D eigenvalue weighted by molar-refractivity contribution is -0.144. The highest BCUT2D eigenvalue weighted by molar-refractivity contribution is 6.39. The zero-order chi connectivity index (χ0) is 17.1. The number of aliphatic hydroxyl groups excluding tert-OH is 1. The van der Waals surface area contributed by atoms with E-state index in [4.69, 9.17) is 0 Å². The first-order chi connectivity index (χ1) is 10.8. The van der Waals surface area contributed by atoms with Gasteiger partial charge in [0.05, 0.1) is 11.8 Å². The zero-order valence-electron chi connectivity index (χ0n) is 12.5. The summed E-state index contributed by atoms with van der Waals surface area (Å²) in [5.74, 6) is -6.07. The van der Waals surface area contributed by atoms with Gasteiger partial charge in [-0.05, 0) is 19.8 Å². The first-order valence-electron chi connectivity index (χ1n) is 7.22. The van der Waals surface area contributed by atoms with Gasteiger partial charge in [0.25, 0.3) is 0 Å². The van der Waals surface area contributed by atoms with Gasteiger partial charge < -0.3 is 15.3 Å². The van der Waals surface area contributed by atoms with Gasteiger partial charge in [-0.3, -0.25) is 9.59 Å². The summed E-state index contributed by atoms with van der Waals surface area (Å²) in [5, 5.41) is 11.5. The fourth-order valence-corrected chi connectivity index (χ4v) is 2.53. The van der Waals surface area contributed by atoms with Gasteiger partial charge in [-0.2, -0.15) is 0 Å². The lowest BCUT2D eigenvalue weighted by Crippen LogP contribution is -2.47. The lowest BCUT2D eigenvalue weighted by atomic mass is 9.93. The third-order valence-electron chi connectivity index (χ3n) is 3.88. The maximum atomic E-state index is 13.5. The van der Waals surface area contributed by atoms with Crippen molar-refractivity contribution < 1.29 is 27.9 Å². The van der Waals surface area contributed by atoms with Crippen molar-refractivity contribution in [2.24, 2.45) is 5.92 Å². The number of nitrogens with zero attached hydrogens (tertiary/aromatic N) is 1. The Morgan fingerprint density at radius 1 is 1.26 bits per heavy atom. The highest BCUT2D eigenvalue weighted by atomic mass is 19.2. The second-order valence-corrected chi connectivity index (χ2v) is 5.59. The third-order valence-corrected chi connectivity index (χ3v) is 3.88. The second-order valence-electron chi connectivity index (χ2n) is 5.59. The van der Waals surface area contributed by atoms with Crippen LogP contribution >= 0.6 is 0 Å². The Hall–Kier alpha value is -2.09. The molecule has 1 aromatic carbocycles. The smallest absolute Gasteiger partial charge is 0.313 e. The number of carbonyl (C=O) groups is 2. The molecule has 2 atom stereocenters. The van der Waals surface area contributed by atoms with Crippen LogP contribution in [0.15, 0.2) is 12.1 Å². The van der Waals surface area contributed by atoms with Crippen LogP contribution in [0.3, 0.4) is 0 Å². The summed E-state index contributed by atoms with van der Waals surface area (Å²) in [6, 6.07) is 0.768. The van der Waals surface area contributed by atoms with Crippen molar-refractivity contribution in [1.82, 2.24) is 4.90 Å². The fraction of sp³-hybridized carbons (Fsp3) is 0.467. The summed E-state index contributed by atoms with van der Waals surface area (Å²) in [4.78, 5) is 25.2.